The molecular weight excluding hydrogens is 374 g/mol. The molecule has 0 N–H and O–H groups in total. The van der Waals surface area contributed by atoms with Crippen LogP contribution in [-0.4, -0.2) is 16.7 Å². The van der Waals surface area contributed by atoms with Gasteiger partial charge in [0.15, 0.2) is 5.76 Å². The van der Waals surface area contributed by atoms with Gasteiger partial charge in [0.1, 0.15) is 11.5 Å². The highest BCUT2D eigenvalue weighted by molar-refractivity contribution is 6.14. The maximum Gasteiger partial charge on any atom is 0.343 e. The topological polar surface area (TPSA) is 95.7 Å². The lowest BCUT2D eigenvalue weighted by Crippen LogP contribution is -2.08. The monoisotopic (exact) mass is 387 g/mol. The molecule has 1 aliphatic heterocycles. The second-order valence-corrected chi connectivity index (χ2v) is 6.20. The number of nitro benzene ring substituents is 1. The number of allylic oxidation sites excluding steroid dienone is 1. The van der Waals surface area contributed by atoms with E-state index in [-0.39, 0.29) is 28.7 Å². The number of nitro groups is 1. The van der Waals surface area contributed by atoms with Crippen molar-refractivity contribution in [3.63, 3.8) is 0 Å². The van der Waals surface area contributed by atoms with E-state index in [9.17, 15) is 19.7 Å². The van der Waals surface area contributed by atoms with Crippen LogP contribution in [-0.2, 0) is 0 Å². The molecule has 3 aromatic rings. The molecule has 7 nitrogen and oxygen atoms in total. The summed E-state index contributed by atoms with van der Waals surface area (Å²) >= 11 is 0. The summed E-state index contributed by atoms with van der Waals surface area (Å²) in [5.74, 6) is -0.222. The molecule has 0 bridgehead atoms. The SMILES string of the molecule is O=C(Oc1ccc2c(c1)O/C(=C/c1ccc([N+](=O)[O-])cc1)C2=O)c1ccccc1. The van der Waals surface area contributed by atoms with Crippen molar-refractivity contribution < 1.29 is 24.0 Å². The van der Waals surface area contributed by atoms with Gasteiger partial charge in [-0.05, 0) is 48.0 Å². The first kappa shape index (κ1) is 18.1. The molecule has 0 aromatic heterocycles. The fraction of sp³-hybridized carbons (Fsp3) is 0. The van der Waals surface area contributed by atoms with E-state index in [4.69, 9.17) is 9.47 Å². The number of ketones is 1. The summed E-state index contributed by atoms with van der Waals surface area (Å²) in [7, 11) is 0. The van der Waals surface area contributed by atoms with Gasteiger partial charge in [0.25, 0.3) is 5.69 Å². The van der Waals surface area contributed by atoms with Crippen LogP contribution in [0.4, 0.5) is 5.69 Å². The van der Waals surface area contributed by atoms with E-state index in [1.54, 1.807) is 30.3 Å². The summed E-state index contributed by atoms with van der Waals surface area (Å²) in [6, 6.07) is 18.8. The lowest BCUT2D eigenvalue weighted by Gasteiger charge is -2.05. The normalized spacial score (nSPS) is 13.7. The minimum Gasteiger partial charge on any atom is -0.452 e. The van der Waals surface area contributed by atoms with Crippen LogP contribution < -0.4 is 9.47 Å². The van der Waals surface area contributed by atoms with Crippen LogP contribution >= 0.6 is 0 Å². The number of ether oxygens (including phenoxy) is 2. The van der Waals surface area contributed by atoms with Gasteiger partial charge in [-0.1, -0.05) is 18.2 Å². The first-order valence-corrected chi connectivity index (χ1v) is 8.61. The van der Waals surface area contributed by atoms with Crippen molar-refractivity contribution in [2.75, 3.05) is 0 Å². The van der Waals surface area contributed by atoms with Gasteiger partial charge in [-0.25, -0.2) is 4.79 Å². The smallest absolute Gasteiger partial charge is 0.343 e. The molecule has 0 spiro atoms. The highest BCUT2D eigenvalue weighted by Gasteiger charge is 2.28. The zero-order chi connectivity index (χ0) is 20.4. The fourth-order valence-electron chi connectivity index (χ4n) is 2.81. The van der Waals surface area contributed by atoms with Gasteiger partial charge < -0.3 is 9.47 Å². The van der Waals surface area contributed by atoms with Crippen molar-refractivity contribution in [2.45, 2.75) is 0 Å². The summed E-state index contributed by atoms with van der Waals surface area (Å²) in [5.41, 5.74) is 1.29. The number of hydrogen-bond acceptors (Lipinski definition) is 6. The Labute approximate surface area is 165 Å². The van der Waals surface area contributed by atoms with Crippen LogP contribution in [0.25, 0.3) is 6.08 Å². The molecule has 4 rings (SSSR count). The number of carbonyl (C=O) groups is 2. The molecule has 0 atom stereocenters. The van der Waals surface area contributed by atoms with Gasteiger partial charge >= 0.3 is 5.97 Å². The van der Waals surface area contributed by atoms with Crippen LogP contribution in [0, 0.1) is 10.1 Å². The Hall–Kier alpha value is -4.26. The average Bonchev–Trinajstić information content (AvgIpc) is 3.03. The fourth-order valence-corrected chi connectivity index (χ4v) is 2.81. The van der Waals surface area contributed by atoms with E-state index in [1.807, 2.05) is 0 Å². The van der Waals surface area contributed by atoms with Gasteiger partial charge in [-0.2, -0.15) is 0 Å². The van der Waals surface area contributed by atoms with Crippen LogP contribution in [0.3, 0.4) is 0 Å². The molecule has 7 heteroatoms. The van der Waals surface area contributed by atoms with E-state index in [0.717, 1.165) is 0 Å². The average molecular weight is 387 g/mol. The van der Waals surface area contributed by atoms with Crippen molar-refractivity contribution >= 4 is 23.5 Å². The highest BCUT2D eigenvalue weighted by atomic mass is 16.6. The van der Waals surface area contributed by atoms with Gasteiger partial charge in [-0.15, -0.1) is 0 Å². The van der Waals surface area contributed by atoms with Crippen LogP contribution in [0.5, 0.6) is 11.5 Å². The molecule has 3 aromatic carbocycles. The Balaban J connectivity index is 1.54. The first-order valence-electron chi connectivity index (χ1n) is 8.61. The Bertz CT molecular complexity index is 1150. The van der Waals surface area contributed by atoms with E-state index in [0.29, 0.717) is 16.7 Å². The molecule has 0 fully saturated rings. The van der Waals surface area contributed by atoms with E-state index in [2.05, 4.69) is 0 Å². The number of esters is 1. The second-order valence-electron chi connectivity index (χ2n) is 6.20. The molecule has 0 unspecified atom stereocenters. The maximum absolute atomic E-state index is 12.5. The van der Waals surface area contributed by atoms with Gasteiger partial charge in [0.05, 0.1) is 16.1 Å². The second kappa shape index (κ2) is 7.40. The van der Waals surface area contributed by atoms with Crippen molar-refractivity contribution in [3.8, 4) is 11.5 Å². The van der Waals surface area contributed by atoms with E-state index in [1.165, 1.54) is 48.5 Å². The molecule has 142 valence electrons. The number of carbonyl (C=O) groups excluding carboxylic acids is 2. The third-order valence-corrected chi connectivity index (χ3v) is 4.26. The van der Waals surface area contributed by atoms with E-state index >= 15 is 0 Å². The third kappa shape index (κ3) is 3.74. The number of hydrogen-bond donors (Lipinski definition) is 0. The van der Waals surface area contributed by atoms with Gasteiger partial charge in [0, 0.05) is 18.2 Å². The Kier molecular flexibility index (Phi) is 4.62. The lowest BCUT2D eigenvalue weighted by atomic mass is 10.1. The Morgan fingerprint density at radius 2 is 1.72 bits per heavy atom. The number of benzene rings is 3. The third-order valence-electron chi connectivity index (χ3n) is 4.26. The highest BCUT2D eigenvalue weighted by Crippen LogP contribution is 2.35. The van der Waals surface area contributed by atoms with Crippen LogP contribution in [0.2, 0.25) is 0 Å². The standard InChI is InChI=1S/C22H13NO6/c24-21-18-11-10-17(28-22(25)15-4-2-1-3-5-15)13-19(18)29-20(21)12-14-6-8-16(9-7-14)23(26)27/h1-13H/b20-12+. The Morgan fingerprint density at radius 1 is 1.00 bits per heavy atom. The molecule has 0 aliphatic carbocycles. The minimum absolute atomic E-state index is 0.0426. The van der Waals surface area contributed by atoms with Gasteiger partial charge in [-0.3, -0.25) is 14.9 Å². The summed E-state index contributed by atoms with van der Waals surface area (Å²) in [6.07, 6.45) is 1.50. The van der Waals surface area contributed by atoms with E-state index < -0.39 is 10.9 Å². The van der Waals surface area contributed by atoms with Crippen molar-refractivity contribution in [1.82, 2.24) is 0 Å². The largest absolute Gasteiger partial charge is 0.452 e. The van der Waals surface area contributed by atoms with Crippen molar-refractivity contribution in [3.05, 3.63) is 105 Å². The maximum atomic E-state index is 12.5. The predicted octanol–water partition coefficient (Wildman–Crippen LogP) is 4.43. The molecule has 0 radical (unpaired) electrons. The zero-order valence-corrected chi connectivity index (χ0v) is 14.9. The van der Waals surface area contributed by atoms with Crippen molar-refractivity contribution in [1.29, 1.82) is 0 Å². The van der Waals surface area contributed by atoms with Crippen LogP contribution in [0.15, 0.2) is 78.6 Å². The number of nitrogens with zero attached hydrogens (tertiary/aromatic N) is 1. The molecule has 0 amide bonds. The van der Waals surface area contributed by atoms with Gasteiger partial charge in [0.2, 0.25) is 5.78 Å². The molecular formula is C22H13NO6. The summed E-state index contributed by atoms with van der Waals surface area (Å²) in [5, 5.41) is 10.7. The lowest BCUT2D eigenvalue weighted by molar-refractivity contribution is -0.384. The number of non-ortho nitro benzene ring substituents is 1. The summed E-state index contributed by atoms with van der Waals surface area (Å²) in [4.78, 5) is 34.9. The number of fused-ring (bicyclic) bond motifs is 1. The minimum atomic E-state index is -0.517. The molecule has 0 saturated carbocycles. The summed E-state index contributed by atoms with van der Waals surface area (Å²) < 4.78 is 11.0. The number of rotatable bonds is 4. The number of Topliss-reactive ketones (excluding diaryl/α,β-unsaturated/α-hetero) is 1. The zero-order valence-electron chi connectivity index (χ0n) is 14.9. The quantitative estimate of drug-likeness (QED) is 0.216. The van der Waals surface area contributed by atoms with Crippen molar-refractivity contribution in [2.24, 2.45) is 0 Å². The molecule has 29 heavy (non-hydrogen) atoms. The summed E-state index contributed by atoms with van der Waals surface area (Å²) in [6.45, 7) is 0. The molecule has 0 saturated heterocycles. The molecule has 1 aliphatic rings. The first-order chi connectivity index (χ1) is 14.0. The predicted molar refractivity (Wildman–Crippen MR) is 104 cm³/mol. The Morgan fingerprint density at radius 3 is 2.41 bits per heavy atom. The molecule has 1 heterocycles. The van der Waals surface area contributed by atoms with Crippen LogP contribution in [0.1, 0.15) is 26.3 Å².